The number of hydrogen-bond donors (Lipinski definition) is 2. The summed E-state index contributed by atoms with van der Waals surface area (Å²) in [4.78, 5) is 16.8. The molecule has 2 N–H and O–H groups in total. The lowest BCUT2D eigenvalue weighted by atomic mass is 10.2. The molecule has 0 atom stereocenters. The van der Waals surface area contributed by atoms with Crippen LogP contribution in [0.25, 0.3) is 10.2 Å². The van der Waals surface area contributed by atoms with E-state index in [1.54, 1.807) is 12.3 Å². The van der Waals surface area contributed by atoms with Crippen molar-refractivity contribution < 1.29 is 14.3 Å². The number of nitrogens with zero attached hydrogens (tertiary/aromatic N) is 2. The van der Waals surface area contributed by atoms with Crippen LogP contribution in [-0.2, 0) is 4.79 Å². The molecule has 3 aromatic carbocycles. The number of nitrogens with one attached hydrogen (secondary N) is 2. The molecule has 4 rings (SSSR count). The monoisotopic (exact) mass is 460 g/mol. The number of fused-ring (bicyclic) bond motifs is 1. The normalized spacial score (nSPS) is 11.0. The quantitative estimate of drug-likeness (QED) is 0.256. The zero-order valence-corrected chi connectivity index (χ0v) is 19.2. The van der Waals surface area contributed by atoms with Crippen LogP contribution in [0, 0.1) is 6.92 Å². The Morgan fingerprint density at radius 2 is 1.88 bits per heavy atom. The van der Waals surface area contributed by atoms with Crippen LogP contribution in [0.1, 0.15) is 18.1 Å². The molecule has 0 spiro atoms. The number of para-hydroxylation sites is 2. The van der Waals surface area contributed by atoms with Gasteiger partial charge in [-0.3, -0.25) is 10.2 Å². The summed E-state index contributed by atoms with van der Waals surface area (Å²) >= 11 is 1.54. The van der Waals surface area contributed by atoms with Crippen LogP contribution >= 0.6 is 11.3 Å². The summed E-state index contributed by atoms with van der Waals surface area (Å²) in [6, 6.07) is 21.0. The first-order chi connectivity index (χ1) is 16.1. The van der Waals surface area contributed by atoms with Crippen LogP contribution in [0.15, 0.2) is 71.8 Å². The van der Waals surface area contributed by atoms with Crippen LogP contribution in [0.3, 0.4) is 0 Å². The first kappa shape index (κ1) is 22.3. The molecule has 0 saturated heterocycles. The number of aromatic nitrogens is 1. The zero-order valence-electron chi connectivity index (χ0n) is 18.4. The molecular formula is C25H24N4O3S. The molecule has 1 heterocycles. The molecule has 1 aromatic heterocycles. The van der Waals surface area contributed by atoms with Gasteiger partial charge in [-0.25, -0.2) is 4.98 Å². The fourth-order valence-electron chi connectivity index (χ4n) is 3.12. The van der Waals surface area contributed by atoms with Crippen molar-refractivity contribution >= 4 is 44.5 Å². The molecule has 168 valence electrons. The van der Waals surface area contributed by atoms with Gasteiger partial charge in [-0.1, -0.05) is 41.7 Å². The number of aryl methyl sites for hydroxylation is 1. The lowest BCUT2D eigenvalue weighted by molar-refractivity contribution is -0.118. The molecule has 8 heteroatoms. The number of carbonyl (C=O) groups excluding carboxylic acids is 1. The van der Waals surface area contributed by atoms with Gasteiger partial charge in [0.2, 0.25) is 5.13 Å². The number of ether oxygens (including phenoxy) is 2. The highest BCUT2D eigenvalue weighted by Crippen LogP contribution is 2.28. The fourth-order valence-corrected chi connectivity index (χ4v) is 3.93. The second-order valence-electron chi connectivity index (χ2n) is 7.15. The molecular weight excluding hydrogens is 436 g/mol. The van der Waals surface area contributed by atoms with Gasteiger partial charge >= 0.3 is 0 Å². The molecule has 0 bridgehead atoms. The Hall–Kier alpha value is -3.91. The second kappa shape index (κ2) is 10.6. The summed E-state index contributed by atoms with van der Waals surface area (Å²) in [5.41, 5.74) is 6.48. The average Bonchev–Trinajstić information content (AvgIpc) is 3.23. The summed E-state index contributed by atoms with van der Waals surface area (Å²) in [7, 11) is 0. The van der Waals surface area contributed by atoms with Gasteiger partial charge in [0.25, 0.3) is 5.91 Å². The van der Waals surface area contributed by atoms with Crippen molar-refractivity contribution in [3.05, 3.63) is 77.9 Å². The Morgan fingerprint density at radius 1 is 1.06 bits per heavy atom. The van der Waals surface area contributed by atoms with Gasteiger partial charge in [-0.15, -0.1) is 0 Å². The van der Waals surface area contributed by atoms with Crippen LogP contribution in [0.2, 0.25) is 0 Å². The maximum atomic E-state index is 12.3. The van der Waals surface area contributed by atoms with E-state index < -0.39 is 0 Å². The van der Waals surface area contributed by atoms with E-state index in [1.165, 1.54) is 11.3 Å². The van der Waals surface area contributed by atoms with Gasteiger partial charge in [-0.05, 0) is 61.4 Å². The van der Waals surface area contributed by atoms with Crippen molar-refractivity contribution in [2.24, 2.45) is 5.10 Å². The Bertz CT molecular complexity index is 1250. The summed E-state index contributed by atoms with van der Waals surface area (Å²) < 4.78 is 12.5. The van der Waals surface area contributed by atoms with Gasteiger partial charge in [0, 0.05) is 5.69 Å². The molecule has 0 saturated carbocycles. The van der Waals surface area contributed by atoms with Crippen LogP contribution in [-0.4, -0.2) is 30.3 Å². The van der Waals surface area contributed by atoms with Gasteiger partial charge in [0.1, 0.15) is 0 Å². The van der Waals surface area contributed by atoms with Crippen LogP contribution < -0.4 is 20.2 Å². The molecule has 7 nitrogen and oxygen atoms in total. The standard InChI is InChI=1S/C25H24N4O3S/c1-3-31-22-14-18(15-26-29-25-28-20-10-6-7-11-23(20)33-25)12-13-21(22)32-16-24(30)27-19-9-5-4-8-17(19)2/h4-15H,3,16H2,1-2H3,(H,27,30)(H,28,29)/b26-15+. The molecule has 0 aliphatic rings. The third-order valence-electron chi connectivity index (χ3n) is 4.71. The van der Waals surface area contributed by atoms with Gasteiger partial charge in [-0.2, -0.15) is 5.10 Å². The fraction of sp³-hybridized carbons (Fsp3) is 0.160. The summed E-state index contributed by atoms with van der Waals surface area (Å²) in [5.74, 6) is 0.801. The van der Waals surface area contributed by atoms with E-state index in [-0.39, 0.29) is 12.5 Å². The van der Waals surface area contributed by atoms with Crippen molar-refractivity contribution in [1.82, 2.24) is 4.98 Å². The minimum absolute atomic E-state index is 0.124. The minimum atomic E-state index is -0.238. The summed E-state index contributed by atoms with van der Waals surface area (Å²) in [6.07, 6.45) is 1.68. The van der Waals surface area contributed by atoms with Crippen molar-refractivity contribution in [3.8, 4) is 11.5 Å². The number of hydrazone groups is 1. The lowest BCUT2D eigenvalue weighted by Gasteiger charge is -2.13. The van der Waals surface area contributed by atoms with E-state index in [9.17, 15) is 4.79 Å². The molecule has 0 aliphatic carbocycles. The molecule has 0 aliphatic heterocycles. The predicted octanol–water partition coefficient (Wildman–Crippen LogP) is 5.47. The molecule has 0 radical (unpaired) electrons. The van der Waals surface area contributed by atoms with E-state index >= 15 is 0 Å². The molecule has 33 heavy (non-hydrogen) atoms. The lowest BCUT2D eigenvalue weighted by Crippen LogP contribution is -2.20. The molecule has 4 aromatic rings. The number of anilines is 2. The number of thiazole rings is 1. The Balaban J connectivity index is 1.38. The maximum absolute atomic E-state index is 12.3. The van der Waals surface area contributed by atoms with Crippen molar-refractivity contribution in [3.63, 3.8) is 0 Å². The number of carbonyl (C=O) groups is 1. The van der Waals surface area contributed by atoms with Crippen molar-refractivity contribution in [1.29, 1.82) is 0 Å². The van der Waals surface area contributed by atoms with Crippen molar-refractivity contribution in [2.75, 3.05) is 24.0 Å². The van der Waals surface area contributed by atoms with Gasteiger partial charge in [0.15, 0.2) is 18.1 Å². The summed E-state index contributed by atoms with van der Waals surface area (Å²) in [6.45, 7) is 4.18. The van der Waals surface area contributed by atoms with Crippen molar-refractivity contribution in [2.45, 2.75) is 13.8 Å². The Kier molecular flexibility index (Phi) is 7.16. The minimum Gasteiger partial charge on any atom is -0.490 e. The Labute approximate surface area is 196 Å². The van der Waals surface area contributed by atoms with E-state index in [2.05, 4.69) is 20.8 Å². The predicted molar refractivity (Wildman–Crippen MR) is 134 cm³/mol. The number of rotatable bonds is 9. The van der Waals surface area contributed by atoms with E-state index in [1.807, 2.05) is 74.5 Å². The number of amides is 1. The number of benzene rings is 3. The first-order valence-corrected chi connectivity index (χ1v) is 11.3. The third kappa shape index (κ3) is 5.87. The first-order valence-electron chi connectivity index (χ1n) is 10.5. The van der Waals surface area contributed by atoms with E-state index in [0.717, 1.165) is 32.2 Å². The van der Waals surface area contributed by atoms with Gasteiger partial charge < -0.3 is 14.8 Å². The molecule has 1 amide bonds. The summed E-state index contributed by atoms with van der Waals surface area (Å²) in [5, 5.41) is 7.86. The topological polar surface area (TPSA) is 84.8 Å². The maximum Gasteiger partial charge on any atom is 0.262 e. The van der Waals surface area contributed by atoms with E-state index in [4.69, 9.17) is 9.47 Å². The van der Waals surface area contributed by atoms with Gasteiger partial charge in [0.05, 0.1) is 23.0 Å². The highest BCUT2D eigenvalue weighted by molar-refractivity contribution is 7.22. The highest BCUT2D eigenvalue weighted by atomic mass is 32.1. The number of hydrogen-bond acceptors (Lipinski definition) is 7. The average molecular weight is 461 g/mol. The van der Waals surface area contributed by atoms with E-state index in [0.29, 0.717) is 18.1 Å². The second-order valence-corrected chi connectivity index (χ2v) is 8.18. The highest BCUT2D eigenvalue weighted by Gasteiger charge is 2.10. The molecule has 0 fully saturated rings. The Morgan fingerprint density at radius 3 is 2.70 bits per heavy atom. The zero-order chi connectivity index (χ0) is 23.0. The smallest absolute Gasteiger partial charge is 0.262 e. The molecule has 0 unspecified atom stereocenters. The van der Waals surface area contributed by atoms with Crippen LogP contribution in [0.4, 0.5) is 10.8 Å². The largest absolute Gasteiger partial charge is 0.490 e. The third-order valence-corrected chi connectivity index (χ3v) is 5.65. The van der Waals surface area contributed by atoms with Crippen LogP contribution in [0.5, 0.6) is 11.5 Å². The SMILES string of the molecule is CCOc1cc(/C=N/Nc2nc3ccccc3s2)ccc1OCC(=O)Nc1ccccc1C.